The van der Waals surface area contributed by atoms with Crippen LogP contribution in [-0.4, -0.2) is 98.2 Å². The molecule has 8 heterocycles. The van der Waals surface area contributed by atoms with Crippen LogP contribution in [-0.2, 0) is 0 Å². The van der Waals surface area contributed by atoms with Crippen molar-refractivity contribution in [2.75, 3.05) is 35.5 Å². The molecule has 0 radical (unpaired) electrons. The number of fused-ring (bicyclic) bond motifs is 16. The number of aromatic nitrogens is 12. The number of anilines is 4. The first-order valence-corrected chi connectivity index (χ1v) is 48.6. The fraction of sp³-hybridized carbons (Fsp3) is 0.345. The van der Waals surface area contributed by atoms with Crippen molar-refractivity contribution in [2.45, 2.75) is 155 Å². The highest BCUT2D eigenvalue weighted by molar-refractivity contribution is 5.98. The van der Waals surface area contributed by atoms with Crippen LogP contribution in [0.15, 0.2) is 170 Å². The summed E-state index contributed by atoms with van der Waals surface area (Å²) in [7, 11) is 2.83. The molecule has 8 aromatic carbocycles. The van der Waals surface area contributed by atoms with E-state index in [2.05, 4.69) is 88.8 Å². The lowest BCUT2D eigenvalue weighted by molar-refractivity contribution is 0.0928. The third-order valence-electron chi connectivity index (χ3n) is 31.8. The molecular formula is C110H102F14N16O2. The van der Waals surface area contributed by atoms with Gasteiger partial charge in [-0.25, -0.2) is 101 Å². The van der Waals surface area contributed by atoms with Crippen molar-refractivity contribution in [1.82, 2.24) is 59.8 Å². The van der Waals surface area contributed by atoms with Crippen LogP contribution >= 0.6 is 0 Å². The summed E-state index contributed by atoms with van der Waals surface area (Å²) in [5.41, 5.74) is 6.09. The van der Waals surface area contributed by atoms with Crippen molar-refractivity contribution in [3.8, 4) is 102 Å². The lowest BCUT2D eigenvalue weighted by Crippen LogP contribution is -2.47. The highest BCUT2D eigenvalue weighted by Gasteiger charge is 2.46. The number of ether oxygens (including phenoxy) is 2. The minimum Gasteiger partial charge on any atom is -0.494 e. The van der Waals surface area contributed by atoms with Gasteiger partial charge in [0.15, 0.2) is 69.7 Å². The number of nitrogens with one attached hydrogen (secondary N) is 8. The summed E-state index contributed by atoms with van der Waals surface area (Å²) in [5.74, 6) is 0.158. The number of H-pyrrole nitrogens is 4. The summed E-state index contributed by atoms with van der Waals surface area (Å²) in [6, 6.07) is 32.9. The Hall–Kier alpha value is -13.9. The van der Waals surface area contributed by atoms with Crippen molar-refractivity contribution < 1.29 is 70.9 Å². The Balaban J connectivity index is 0.000000112. The second-order valence-corrected chi connectivity index (χ2v) is 39.7. The van der Waals surface area contributed by atoms with Crippen molar-refractivity contribution in [3.63, 3.8) is 0 Å². The van der Waals surface area contributed by atoms with E-state index >= 15 is 0 Å². The molecule has 16 aromatic rings. The number of rotatable bonds is 18. The third-order valence-corrected chi connectivity index (χ3v) is 31.8. The Morgan fingerprint density at radius 1 is 0.239 bits per heavy atom. The maximum absolute atomic E-state index is 14.6. The normalized spacial score (nSPS) is 23.5. The number of aromatic amines is 4. The number of benzene rings is 8. The third kappa shape index (κ3) is 18.5. The molecule has 2 unspecified atom stereocenters. The first kappa shape index (κ1) is 94.3. The van der Waals surface area contributed by atoms with E-state index in [0.29, 0.717) is 195 Å². The first-order chi connectivity index (χ1) is 68.5. The Bertz CT molecular complexity index is 7040. The Morgan fingerprint density at radius 2 is 0.458 bits per heavy atom. The van der Waals surface area contributed by atoms with Gasteiger partial charge in [-0.1, -0.05) is 27.7 Å². The van der Waals surface area contributed by atoms with E-state index in [1.54, 1.807) is 48.8 Å². The van der Waals surface area contributed by atoms with Gasteiger partial charge in [-0.3, -0.25) is 0 Å². The quantitative estimate of drug-likeness (QED) is 0.0374. The van der Waals surface area contributed by atoms with Gasteiger partial charge in [-0.05, 0) is 271 Å². The van der Waals surface area contributed by atoms with Crippen LogP contribution in [0.1, 0.15) is 130 Å². The second kappa shape index (κ2) is 38.8. The molecule has 0 spiro atoms. The maximum atomic E-state index is 14.6. The molecule has 32 heteroatoms. The molecule has 8 N–H and O–H groups in total. The number of hydrogen-bond donors (Lipinski definition) is 8. The predicted molar refractivity (Wildman–Crippen MR) is 520 cm³/mol. The van der Waals surface area contributed by atoms with Crippen LogP contribution in [0.2, 0.25) is 0 Å². The molecule has 8 aromatic heterocycles. The number of methoxy groups -OCH3 is 2. The first-order valence-electron chi connectivity index (χ1n) is 48.6. The molecule has 12 saturated carbocycles. The van der Waals surface area contributed by atoms with E-state index in [9.17, 15) is 61.5 Å². The van der Waals surface area contributed by atoms with Crippen molar-refractivity contribution in [2.24, 2.45) is 71.0 Å². The van der Waals surface area contributed by atoms with Gasteiger partial charge in [0.05, 0.1) is 59.1 Å². The van der Waals surface area contributed by atoms with Crippen molar-refractivity contribution in [3.05, 3.63) is 252 Å². The Kier molecular flexibility index (Phi) is 25.8. The molecular weight excluding hydrogens is 1840 g/mol. The van der Waals surface area contributed by atoms with E-state index in [1.165, 1.54) is 178 Å². The number of hydrogen-bond acceptors (Lipinski definition) is 14. The smallest absolute Gasteiger partial charge is 0.165 e. The van der Waals surface area contributed by atoms with Gasteiger partial charge >= 0.3 is 0 Å². The monoisotopic (exact) mass is 1940 g/mol. The van der Waals surface area contributed by atoms with E-state index in [-0.39, 0.29) is 69.4 Å². The van der Waals surface area contributed by atoms with Crippen LogP contribution in [0.25, 0.3) is 134 Å². The highest BCUT2D eigenvalue weighted by atomic mass is 19.2. The van der Waals surface area contributed by atoms with Crippen LogP contribution in [0.4, 0.5) is 84.7 Å². The minimum atomic E-state index is -0.980. The fourth-order valence-corrected chi connectivity index (χ4v) is 24.2. The van der Waals surface area contributed by atoms with E-state index in [0.717, 1.165) is 48.5 Å². The molecule has 28 rings (SSSR count). The molecule has 18 nitrogen and oxygen atoms in total. The topological polar surface area (TPSA) is 233 Å². The Labute approximate surface area is 808 Å². The van der Waals surface area contributed by atoms with Gasteiger partial charge in [0.25, 0.3) is 0 Å². The largest absolute Gasteiger partial charge is 0.494 e. The average molecular weight is 1950 g/mol. The molecule has 732 valence electrons. The van der Waals surface area contributed by atoms with Gasteiger partial charge in [-0.2, -0.15) is 0 Å². The van der Waals surface area contributed by atoms with E-state index in [4.69, 9.17) is 29.4 Å². The fourth-order valence-electron chi connectivity index (χ4n) is 24.2. The summed E-state index contributed by atoms with van der Waals surface area (Å²) in [6.45, 7) is 9.11. The van der Waals surface area contributed by atoms with Crippen molar-refractivity contribution >= 4 is 66.9 Å². The number of halogens is 14. The molecule has 12 aliphatic rings. The molecule has 8 atom stereocenters. The standard InChI is InChI=1S/2C28H27F3N4O.2C27H24F4N4/c2*1-14-15-3-5-16(6-4-15)26(14)34-25-12-23(17-7-8-24(36-2)21(30)9-17)33-28(35-25)20-13-32-27-19(20)10-18(29)11-22(27)31;2*1-13-14-2-4-15(5-3-14)25(13)34-24-11-23(16-6-7-20(29)21(30)8-16)33-27(35-24)19-12-32-26-18(19)9-17(28)10-22(26)31/h2*7-16,26,32H,3-6H2,1-2H3,(H,33,34,35);2*6-15,25,32H,2-5H2,1H3,(H,33,34,35)/t2*14-,15?,16?,26+;13-,14?,15?,25+;/m101./s1. The van der Waals surface area contributed by atoms with Crippen LogP contribution in [0, 0.1) is 152 Å². The van der Waals surface area contributed by atoms with Crippen molar-refractivity contribution in [1.29, 1.82) is 0 Å². The second-order valence-electron chi connectivity index (χ2n) is 39.7. The lowest BCUT2D eigenvalue weighted by atomic mass is 9.62. The summed E-state index contributed by atoms with van der Waals surface area (Å²) >= 11 is 0. The van der Waals surface area contributed by atoms with Crippen LogP contribution in [0.3, 0.4) is 0 Å². The molecule has 142 heavy (non-hydrogen) atoms. The SMILES string of the molecule is CC1C2CCC(CC2)C1Nc1cc(-c2ccc(F)c(F)c2)nc(-c2c[nH]c3c(F)cc(F)cc23)n1.COc1ccc(-c2cc(N[C@@H]3C4CCC(CC4)[C@H]3C)nc(-c3c[nH]c4c(F)cc(F)cc34)n2)cc1F.COc1ccc(-c2cc(N[C@H]3C4CCC(CC4)[C@@H]3C)nc(-c3c[nH]c4c(F)cc(F)cc34)n2)cc1F.C[C@@H]1C2CCC(CC2)[C@H]1Nc1cc(-c2ccc(F)c(F)c2)nc(-c2c[nH]c3c(F)cc(F)cc23)n1. The average Bonchev–Trinajstić information content (AvgIpc) is 1.16. The van der Waals surface area contributed by atoms with Gasteiger partial charge in [0.2, 0.25) is 0 Å². The lowest BCUT2D eigenvalue weighted by Gasteiger charge is -2.47. The molecule has 0 amide bonds. The maximum Gasteiger partial charge on any atom is 0.165 e. The van der Waals surface area contributed by atoms with Crippen LogP contribution < -0.4 is 30.7 Å². The zero-order chi connectivity index (χ0) is 98.5. The Morgan fingerprint density at radius 3 is 0.669 bits per heavy atom. The minimum absolute atomic E-state index is 0.140. The molecule has 12 aliphatic carbocycles. The zero-order valence-electron chi connectivity index (χ0n) is 78.4. The number of nitrogens with zero attached hydrogens (tertiary/aromatic N) is 8. The van der Waals surface area contributed by atoms with Gasteiger partial charge in [-0.15, -0.1) is 0 Å². The van der Waals surface area contributed by atoms with E-state index < -0.39 is 81.4 Å². The summed E-state index contributed by atoms with van der Waals surface area (Å²) in [5, 5.41) is 15.8. The van der Waals surface area contributed by atoms with Gasteiger partial charge in [0.1, 0.15) is 69.8 Å². The van der Waals surface area contributed by atoms with E-state index in [1.807, 2.05) is 12.1 Å². The van der Waals surface area contributed by atoms with Gasteiger partial charge in [0, 0.05) is 164 Å². The van der Waals surface area contributed by atoms with Gasteiger partial charge < -0.3 is 50.7 Å². The molecule has 0 aliphatic heterocycles. The zero-order valence-corrected chi connectivity index (χ0v) is 78.4. The summed E-state index contributed by atoms with van der Waals surface area (Å²) in [6.07, 6.45) is 25.7. The molecule has 12 fully saturated rings. The molecule has 0 saturated heterocycles. The predicted octanol–water partition coefficient (Wildman–Crippen LogP) is 28.1. The summed E-state index contributed by atoms with van der Waals surface area (Å²) < 4.78 is 208. The summed E-state index contributed by atoms with van der Waals surface area (Å²) in [4.78, 5) is 48.9. The molecule has 8 bridgehead atoms. The van der Waals surface area contributed by atoms with Crippen LogP contribution in [0.5, 0.6) is 11.5 Å². The highest BCUT2D eigenvalue weighted by Crippen LogP contribution is 2.52.